The molecule has 1 unspecified atom stereocenters. The van der Waals surface area contributed by atoms with Gasteiger partial charge in [0.25, 0.3) is 0 Å². The minimum Gasteiger partial charge on any atom is -0.386 e. The van der Waals surface area contributed by atoms with Gasteiger partial charge >= 0.3 is 0 Å². The number of hydrogen-bond acceptors (Lipinski definition) is 1. The number of hydrogen-bond donors (Lipinski definition) is 1. The quantitative estimate of drug-likeness (QED) is 0.628. The minimum absolute atomic E-state index is 0.215. The lowest BCUT2D eigenvalue weighted by atomic mass is 9.78. The third-order valence-electron chi connectivity index (χ3n) is 2.20. The van der Waals surface area contributed by atoms with Crippen molar-refractivity contribution in [2.24, 2.45) is 5.41 Å². The van der Waals surface area contributed by atoms with Crippen LogP contribution in [0.25, 0.3) is 0 Å². The molecule has 0 saturated heterocycles. The first-order chi connectivity index (χ1) is 5.33. The van der Waals surface area contributed by atoms with Crippen LogP contribution in [0.4, 0.5) is 0 Å². The Kier molecular flexibility index (Phi) is 3.98. The fourth-order valence-electron chi connectivity index (χ4n) is 1.81. The van der Waals surface area contributed by atoms with Gasteiger partial charge in [0, 0.05) is 0 Å². The van der Waals surface area contributed by atoms with Crippen molar-refractivity contribution in [2.45, 2.75) is 52.6 Å². The van der Waals surface area contributed by atoms with Crippen LogP contribution in [0.3, 0.4) is 0 Å². The largest absolute Gasteiger partial charge is 0.386 e. The molecule has 0 aromatic carbocycles. The third-order valence-corrected chi connectivity index (χ3v) is 2.20. The molecular weight excluding hydrogens is 148 g/mol. The molecule has 1 nitrogen and oxygen atoms in total. The van der Waals surface area contributed by atoms with Gasteiger partial charge < -0.3 is 5.11 Å². The second-order valence-corrected chi connectivity index (χ2v) is 4.65. The maximum Gasteiger partial charge on any atom is 0.0802 e. The Labute approximate surface area is 76.5 Å². The summed E-state index contributed by atoms with van der Waals surface area (Å²) in [4.78, 5) is 0. The van der Waals surface area contributed by atoms with E-state index in [9.17, 15) is 5.11 Å². The second kappa shape index (κ2) is 4.08. The summed E-state index contributed by atoms with van der Waals surface area (Å²) in [5.41, 5.74) is -0.495. The van der Waals surface area contributed by atoms with E-state index in [-0.39, 0.29) is 5.41 Å². The highest BCUT2D eigenvalue weighted by molar-refractivity contribution is 4.95. The highest BCUT2D eigenvalue weighted by atomic mass is 16.3. The molecule has 0 aromatic heterocycles. The molecule has 0 bridgehead atoms. The van der Waals surface area contributed by atoms with E-state index in [0.717, 1.165) is 12.8 Å². The molecule has 0 heterocycles. The average molecular weight is 170 g/mol. The minimum atomic E-state index is -0.710. The smallest absolute Gasteiger partial charge is 0.0802 e. The van der Waals surface area contributed by atoms with Crippen LogP contribution in [0.2, 0.25) is 0 Å². The standard InChI is InChI=1S/C11H22O/c1-6-8-10(3,4)9-11(5,12)7-2/h7,12H,2,6,8-9H2,1,3-5H3. The molecule has 0 aliphatic carbocycles. The molecular formula is C11H22O. The Morgan fingerprint density at radius 1 is 1.33 bits per heavy atom. The highest BCUT2D eigenvalue weighted by Crippen LogP contribution is 2.32. The van der Waals surface area contributed by atoms with Crippen LogP contribution in [0, 0.1) is 5.41 Å². The average Bonchev–Trinajstić information content (AvgIpc) is 1.85. The van der Waals surface area contributed by atoms with Crippen molar-refractivity contribution in [3.05, 3.63) is 12.7 Å². The maximum atomic E-state index is 9.77. The van der Waals surface area contributed by atoms with Gasteiger partial charge in [0.15, 0.2) is 0 Å². The molecule has 0 radical (unpaired) electrons. The lowest BCUT2D eigenvalue weighted by Crippen LogP contribution is -2.29. The summed E-state index contributed by atoms with van der Waals surface area (Å²) in [7, 11) is 0. The van der Waals surface area contributed by atoms with Crippen molar-refractivity contribution in [1.82, 2.24) is 0 Å². The van der Waals surface area contributed by atoms with Gasteiger partial charge in [-0.3, -0.25) is 0 Å². The maximum absolute atomic E-state index is 9.77. The van der Waals surface area contributed by atoms with Crippen LogP contribution in [0.5, 0.6) is 0 Å². The van der Waals surface area contributed by atoms with Crippen molar-refractivity contribution in [3.63, 3.8) is 0 Å². The lowest BCUT2D eigenvalue weighted by molar-refractivity contribution is 0.0557. The van der Waals surface area contributed by atoms with Gasteiger partial charge in [-0.05, 0) is 25.2 Å². The van der Waals surface area contributed by atoms with Crippen LogP contribution < -0.4 is 0 Å². The van der Waals surface area contributed by atoms with E-state index in [1.807, 2.05) is 6.92 Å². The predicted octanol–water partition coefficient (Wildman–Crippen LogP) is 3.14. The van der Waals surface area contributed by atoms with Gasteiger partial charge in [0.1, 0.15) is 0 Å². The highest BCUT2D eigenvalue weighted by Gasteiger charge is 2.27. The third kappa shape index (κ3) is 4.55. The van der Waals surface area contributed by atoms with Gasteiger partial charge in [-0.15, -0.1) is 6.58 Å². The number of aliphatic hydroxyl groups is 1. The van der Waals surface area contributed by atoms with E-state index in [2.05, 4.69) is 27.4 Å². The van der Waals surface area contributed by atoms with E-state index in [1.54, 1.807) is 6.08 Å². The summed E-state index contributed by atoms with van der Waals surface area (Å²) in [6.45, 7) is 12.0. The monoisotopic (exact) mass is 170 g/mol. The van der Waals surface area contributed by atoms with E-state index in [1.165, 1.54) is 6.42 Å². The molecule has 0 aliphatic heterocycles. The van der Waals surface area contributed by atoms with Crippen molar-refractivity contribution in [1.29, 1.82) is 0 Å². The predicted molar refractivity (Wildman–Crippen MR) is 54.1 cm³/mol. The summed E-state index contributed by atoms with van der Waals surface area (Å²) < 4.78 is 0. The van der Waals surface area contributed by atoms with E-state index >= 15 is 0 Å². The van der Waals surface area contributed by atoms with Crippen LogP contribution >= 0.6 is 0 Å². The van der Waals surface area contributed by atoms with Crippen LogP contribution in [0.15, 0.2) is 12.7 Å². The molecule has 12 heavy (non-hydrogen) atoms. The van der Waals surface area contributed by atoms with Crippen molar-refractivity contribution in [3.8, 4) is 0 Å². The van der Waals surface area contributed by atoms with Crippen LogP contribution in [-0.2, 0) is 0 Å². The molecule has 72 valence electrons. The number of rotatable bonds is 5. The topological polar surface area (TPSA) is 20.2 Å². The molecule has 0 aliphatic rings. The first-order valence-corrected chi connectivity index (χ1v) is 4.69. The second-order valence-electron chi connectivity index (χ2n) is 4.65. The Hall–Kier alpha value is -0.300. The Morgan fingerprint density at radius 2 is 1.83 bits per heavy atom. The molecule has 0 amide bonds. The summed E-state index contributed by atoms with van der Waals surface area (Å²) in [6.07, 6.45) is 4.74. The first-order valence-electron chi connectivity index (χ1n) is 4.69. The van der Waals surface area contributed by atoms with Gasteiger partial charge in [-0.25, -0.2) is 0 Å². The Balaban J connectivity index is 4.12. The molecule has 1 heteroatoms. The van der Waals surface area contributed by atoms with E-state index < -0.39 is 5.60 Å². The lowest BCUT2D eigenvalue weighted by Gasteiger charge is -2.31. The zero-order valence-electron chi connectivity index (χ0n) is 8.85. The Bertz CT molecular complexity index is 145. The molecule has 1 N–H and O–H groups in total. The zero-order valence-corrected chi connectivity index (χ0v) is 8.85. The Morgan fingerprint density at radius 3 is 2.17 bits per heavy atom. The van der Waals surface area contributed by atoms with E-state index in [0.29, 0.717) is 0 Å². The summed E-state index contributed by atoms with van der Waals surface area (Å²) in [6, 6.07) is 0. The molecule has 0 spiro atoms. The normalized spacial score (nSPS) is 17.1. The van der Waals surface area contributed by atoms with E-state index in [4.69, 9.17) is 0 Å². The fraction of sp³-hybridized carbons (Fsp3) is 0.818. The summed E-state index contributed by atoms with van der Waals surface area (Å²) in [5, 5.41) is 9.77. The zero-order chi connectivity index (χ0) is 9.83. The molecule has 0 saturated carbocycles. The van der Waals surface area contributed by atoms with Crippen molar-refractivity contribution < 1.29 is 5.11 Å². The van der Waals surface area contributed by atoms with Crippen LogP contribution in [-0.4, -0.2) is 10.7 Å². The van der Waals surface area contributed by atoms with Crippen molar-refractivity contribution >= 4 is 0 Å². The molecule has 1 atom stereocenters. The van der Waals surface area contributed by atoms with Gasteiger partial charge in [0.2, 0.25) is 0 Å². The molecule has 0 rings (SSSR count). The first kappa shape index (κ1) is 11.7. The molecule has 0 fully saturated rings. The van der Waals surface area contributed by atoms with Gasteiger partial charge in [-0.1, -0.05) is 33.3 Å². The fourth-order valence-corrected chi connectivity index (χ4v) is 1.81. The molecule has 0 aromatic rings. The van der Waals surface area contributed by atoms with Gasteiger partial charge in [0.05, 0.1) is 5.60 Å². The van der Waals surface area contributed by atoms with Crippen molar-refractivity contribution in [2.75, 3.05) is 0 Å². The summed E-state index contributed by atoms with van der Waals surface area (Å²) in [5.74, 6) is 0. The SMILES string of the molecule is C=CC(C)(O)CC(C)(C)CCC. The van der Waals surface area contributed by atoms with Gasteiger partial charge in [-0.2, -0.15) is 0 Å². The van der Waals surface area contributed by atoms with Crippen LogP contribution in [0.1, 0.15) is 47.0 Å². The summed E-state index contributed by atoms with van der Waals surface area (Å²) >= 11 is 0.